The van der Waals surface area contributed by atoms with E-state index in [0.29, 0.717) is 12.0 Å². The number of para-hydroxylation sites is 1. The van der Waals surface area contributed by atoms with Gasteiger partial charge >= 0.3 is 0 Å². The first-order chi connectivity index (χ1) is 10.7. The third-order valence-corrected chi connectivity index (χ3v) is 4.11. The Hall–Kier alpha value is -2.02. The molecule has 0 bridgehead atoms. The van der Waals surface area contributed by atoms with E-state index in [1.165, 1.54) is 17.0 Å². The first-order valence-corrected chi connectivity index (χ1v) is 8.20. The van der Waals surface area contributed by atoms with E-state index < -0.39 is 0 Å². The molecule has 1 aliphatic rings. The highest BCUT2D eigenvalue weighted by Gasteiger charge is 2.25. The van der Waals surface area contributed by atoms with Gasteiger partial charge in [-0.3, -0.25) is 0 Å². The summed E-state index contributed by atoms with van der Waals surface area (Å²) in [5.74, 6) is 0.491. The summed E-state index contributed by atoms with van der Waals surface area (Å²) in [6.07, 6.45) is 14.4. The van der Waals surface area contributed by atoms with Crippen LogP contribution in [0.1, 0.15) is 34.1 Å². The minimum Gasteiger partial charge on any atom is -0.338 e. The van der Waals surface area contributed by atoms with Crippen LogP contribution in [-0.2, 0) is 0 Å². The fraction of sp³-hybridized carbons (Fsp3) is 0.333. The lowest BCUT2D eigenvalue weighted by Crippen LogP contribution is -2.38. The molecule has 0 radical (unpaired) electrons. The second-order valence-electron chi connectivity index (χ2n) is 5.86. The zero-order chi connectivity index (χ0) is 15.9. The van der Waals surface area contributed by atoms with Gasteiger partial charge in [-0.1, -0.05) is 68.0 Å². The van der Waals surface area contributed by atoms with E-state index in [9.17, 15) is 0 Å². The zero-order valence-corrected chi connectivity index (χ0v) is 14.2. The molecule has 1 aromatic carbocycles. The van der Waals surface area contributed by atoms with Crippen molar-refractivity contribution in [3.63, 3.8) is 0 Å². The second-order valence-corrected chi connectivity index (χ2v) is 5.86. The molecular weight excluding hydrogens is 266 g/mol. The zero-order valence-electron chi connectivity index (χ0n) is 14.2. The molecule has 0 spiro atoms. The SMILES string of the molecule is C/C=C\C=C(/CC)N(c1ccccc1)[C@@H]1C=CC(C)=CC1C. The molecule has 2 atom stereocenters. The summed E-state index contributed by atoms with van der Waals surface area (Å²) in [6, 6.07) is 11.1. The van der Waals surface area contributed by atoms with Gasteiger partial charge in [0, 0.05) is 11.4 Å². The van der Waals surface area contributed by atoms with Gasteiger partial charge < -0.3 is 4.90 Å². The topological polar surface area (TPSA) is 3.24 Å². The summed E-state index contributed by atoms with van der Waals surface area (Å²) < 4.78 is 0. The Kier molecular flexibility index (Phi) is 5.83. The van der Waals surface area contributed by atoms with Crippen LogP contribution in [0.25, 0.3) is 0 Å². The molecule has 0 N–H and O–H groups in total. The van der Waals surface area contributed by atoms with Crippen LogP contribution < -0.4 is 4.90 Å². The minimum atomic E-state index is 0.363. The van der Waals surface area contributed by atoms with Crippen LogP contribution in [0.4, 0.5) is 5.69 Å². The number of rotatable bonds is 5. The van der Waals surface area contributed by atoms with Gasteiger partial charge in [0.15, 0.2) is 0 Å². The number of nitrogens with zero attached hydrogens (tertiary/aromatic N) is 1. The van der Waals surface area contributed by atoms with Crippen molar-refractivity contribution in [3.05, 3.63) is 78.1 Å². The number of hydrogen-bond donors (Lipinski definition) is 0. The van der Waals surface area contributed by atoms with Gasteiger partial charge in [0.05, 0.1) is 6.04 Å². The Labute approximate surface area is 135 Å². The Morgan fingerprint density at radius 3 is 2.55 bits per heavy atom. The van der Waals surface area contributed by atoms with Crippen LogP contribution in [0.2, 0.25) is 0 Å². The maximum absolute atomic E-state index is 2.48. The maximum atomic E-state index is 2.48. The van der Waals surface area contributed by atoms with Crippen molar-refractivity contribution in [1.82, 2.24) is 0 Å². The van der Waals surface area contributed by atoms with Gasteiger partial charge in [0.25, 0.3) is 0 Å². The average molecular weight is 293 g/mol. The minimum absolute atomic E-state index is 0.363. The molecule has 0 amide bonds. The Morgan fingerprint density at radius 1 is 1.23 bits per heavy atom. The van der Waals surface area contributed by atoms with Crippen molar-refractivity contribution in [3.8, 4) is 0 Å². The van der Waals surface area contributed by atoms with Gasteiger partial charge in [0.2, 0.25) is 0 Å². The molecule has 0 saturated carbocycles. The fourth-order valence-electron chi connectivity index (χ4n) is 3.01. The van der Waals surface area contributed by atoms with Crippen LogP contribution in [0.15, 0.2) is 78.1 Å². The normalized spacial score (nSPS) is 22.0. The van der Waals surface area contributed by atoms with E-state index in [0.717, 1.165) is 6.42 Å². The highest BCUT2D eigenvalue weighted by molar-refractivity contribution is 5.56. The van der Waals surface area contributed by atoms with Crippen molar-refractivity contribution in [2.24, 2.45) is 5.92 Å². The van der Waals surface area contributed by atoms with E-state index in [4.69, 9.17) is 0 Å². The number of benzene rings is 1. The lowest BCUT2D eigenvalue weighted by atomic mass is 9.91. The fourth-order valence-corrected chi connectivity index (χ4v) is 3.01. The molecule has 0 aromatic heterocycles. The molecule has 1 nitrogen and oxygen atoms in total. The summed E-state index contributed by atoms with van der Waals surface area (Å²) in [6.45, 7) is 8.76. The second kappa shape index (κ2) is 7.84. The van der Waals surface area contributed by atoms with E-state index >= 15 is 0 Å². The van der Waals surface area contributed by atoms with Crippen molar-refractivity contribution in [2.75, 3.05) is 4.90 Å². The van der Waals surface area contributed by atoms with Gasteiger partial charge in [-0.2, -0.15) is 0 Å². The monoisotopic (exact) mass is 293 g/mol. The van der Waals surface area contributed by atoms with Crippen molar-refractivity contribution < 1.29 is 0 Å². The first-order valence-electron chi connectivity index (χ1n) is 8.20. The third-order valence-electron chi connectivity index (χ3n) is 4.11. The van der Waals surface area contributed by atoms with Crippen molar-refractivity contribution in [2.45, 2.75) is 40.2 Å². The predicted molar refractivity (Wildman–Crippen MR) is 98.0 cm³/mol. The highest BCUT2D eigenvalue weighted by Crippen LogP contribution is 2.31. The molecule has 0 fully saturated rings. The van der Waals surface area contributed by atoms with Crippen LogP contribution in [-0.4, -0.2) is 6.04 Å². The first kappa shape index (κ1) is 16.4. The molecule has 0 saturated heterocycles. The van der Waals surface area contributed by atoms with E-state index in [1.807, 2.05) is 0 Å². The predicted octanol–water partition coefficient (Wildman–Crippen LogP) is 5.88. The van der Waals surface area contributed by atoms with Gasteiger partial charge in [-0.05, 0) is 44.4 Å². The molecule has 1 aromatic rings. The van der Waals surface area contributed by atoms with Crippen LogP contribution in [0, 0.1) is 5.92 Å². The summed E-state index contributed by atoms with van der Waals surface area (Å²) in [5.41, 5.74) is 3.96. The van der Waals surface area contributed by atoms with E-state index in [2.05, 4.69) is 99.4 Å². The molecule has 0 aliphatic heterocycles. The molecular formula is C21H27N. The van der Waals surface area contributed by atoms with Crippen LogP contribution >= 0.6 is 0 Å². The smallest absolute Gasteiger partial charge is 0.0582 e. The van der Waals surface area contributed by atoms with E-state index in [-0.39, 0.29) is 0 Å². The third kappa shape index (κ3) is 3.79. The maximum Gasteiger partial charge on any atom is 0.0582 e. The largest absolute Gasteiger partial charge is 0.338 e. The summed E-state index contributed by atoms with van der Waals surface area (Å²) in [7, 11) is 0. The molecule has 116 valence electrons. The highest BCUT2D eigenvalue weighted by atomic mass is 15.2. The summed E-state index contributed by atoms with van der Waals surface area (Å²) in [5, 5.41) is 0. The Morgan fingerprint density at radius 2 is 1.95 bits per heavy atom. The lowest BCUT2D eigenvalue weighted by Gasteiger charge is -2.38. The number of hydrogen-bond acceptors (Lipinski definition) is 1. The average Bonchev–Trinajstić information content (AvgIpc) is 2.53. The van der Waals surface area contributed by atoms with Crippen LogP contribution in [0.5, 0.6) is 0 Å². The lowest BCUT2D eigenvalue weighted by molar-refractivity contribution is 0.584. The molecule has 1 aliphatic carbocycles. The van der Waals surface area contributed by atoms with Crippen molar-refractivity contribution >= 4 is 5.69 Å². The molecule has 0 heterocycles. The quantitative estimate of drug-likeness (QED) is 0.612. The van der Waals surface area contributed by atoms with Gasteiger partial charge in [0.1, 0.15) is 0 Å². The standard InChI is InChI=1S/C21H27N/c1-5-7-11-19(6-2)22(20-12-9-8-10-13-20)21-15-14-17(3)16-18(21)4/h5,7-16,18,21H,6H2,1-4H3/b7-5-,19-11+/t18?,21-/m1/s1. The molecule has 1 heteroatoms. The summed E-state index contributed by atoms with van der Waals surface area (Å²) in [4.78, 5) is 2.48. The molecule has 1 unspecified atom stereocenters. The van der Waals surface area contributed by atoms with Gasteiger partial charge in [-0.15, -0.1) is 0 Å². The molecule has 2 rings (SSSR count). The summed E-state index contributed by atoms with van der Waals surface area (Å²) >= 11 is 0. The number of allylic oxidation sites excluding steroid dienone is 6. The Bertz CT molecular complexity index is 590. The Balaban J connectivity index is 2.45. The number of anilines is 1. The van der Waals surface area contributed by atoms with Crippen LogP contribution in [0.3, 0.4) is 0 Å². The van der Waals surface area contributed by atoms with E-state index in [1.54, 1.807) is 0 Å². The van der Waals surface area contributed by atoms with Gasteiger partial charge in [-0.25, -0.2) is 0 Å². The molecule has 22 heavy (non-hydrogen) atoms. The van der Waals surface area contributed by atoms with Crippen molar-refractivity contribution in [1.29, 1.82) is 0 Å².